The highest BCUT2D eigenvalue weighted by Crippen LogP contribution is 2.29. The Bertz CT molecular complexity index is 876. The number of hydrogen-bond acceptors (Lipinski definition) is 3. The summed E-state index contributed by atoms with van der Waals surface area (Å²) in [6.07, 6.45) is 2.27. The Morgan fingerprint density at radius 2 is 2.16 bits per heavy atom. The Morgan fingerprint density at radius 3 is 2.92 bits per heavy atom. The van der Waals surface area contributed by atoms with Crippen molar-refractivity contribution in [3.05, 3.63) is 58.6 Å². The Kier molecular flexibility index (Phi) is 4.59. The average molecular weight is 354 g/mol. The second-order valence-corrected chi connectivity index (χ2v) is 7.84. The second-order valence-electron chi connectivity index (χ2n) is 6.55. The number of benzene rings is 1. The number of carbonyl (C=O) groups is 1. The van der Waals surface area contributed by atoms with E-state index in [9.17, 15) is 4.79 Å². The number of rotatable bonds is 5. The van der Waals surface area contributed by atoms with Crippen LogP contribution in [-0.2, 0) is 11.3 Å². The highest BCUT2D eigenvalue weighted by Gasteiger charge is 2.20. The van der Waals surface area contributed by atoms with E-state index in [0.717, 1.165) is 35.4 Å². The van der Waals surface area contributed by atoms with E-state index < -0.39 is 0 Å². The van der Waals surface area contributed by atoms with Crippen LogP contribution in [0.4, 0.5) is 0 Å². The summed E-state index contributed by atoms with van der Waals surface area (Å²) in [6, 6.07) is 14.5. The lowest BCUT2D eigenvalue weighted by molar-refractivity contribution is 0.0851. The van der Waals surface area contributed by atoms with E-state index in [2.05, 4.69) is 35.0 Å². The highest BCUT2D eigenvalue weighted by atomic mass is 32.1. The van der Waals surface area contributed by atoms with Gasteiger partial charge in [0.2, 0.25) is 0 Å². The standard InChI is InChI=1S/C20H22N2O2S/c1-14-10-17-19(25-14)11-18(20(23)21-12-16-8-5-9-24-16)22(17)13-15-6-3-2-4-7-15/h2-4,6-7,10-11,16H,5,8-9,12-13H2,1H3,(H,21,23). The van der Waals surface area contributed by atoms with E-state index in [4.69, 9.17) is 4.74 Å². The summed E-state index contributed by atoms with van der Waals surface area (Å²) in [5.41, 5.74) is 3.05. The van der Waals surface area contributed by atoms with Gasteiger partial charge < -0.3 is 14.6 Å². The first-order valence-corrected chi connectivity index (χ1v) is 9.56. The Morgan fingerprint density at radius 1 is 1.32 bits per heavy atom. The maximum atomic E-state index is 12.8. The van der Waals surface area contributed by atoms with Crippen LogP contribution >= 0.6 is 11.3 Å². The molecule has 1 unspecified atom stereocenters. The van der Waals surface area contributed by atoms with Crippen LogP contribution in [0.5, 0.6) is 0 Å². The first kappa shape index (κ1) is 16.4. The van der Waals surface area contributed by atoms with Crippen LogP contribution in [0, 0.1) is 6.92 Å². The van der Waals surface area contributed by atoms with Crippen molar-refractivity contribution >= 4 is 27.5 Å². The molecular formula is C20H22N2O2S. The van der Waals surface area contributed by atoms with Crippen LogP contribution < -0.4 is 5.32 Å². The van der Waals surface area contributed by atoms with Crippen LogP contribution in [0.15, 0.2) is 42.5 Å². The van der Waals surface area contributed by atoms with Crippen LogP contribution in [0.1, 0.15) is 33.8 Å². The molecule has 130 valence electrons. The molecule has 1 atom stereocenters. The first-order chi connectivity index (χ1) is 12.2. The summed E-state index contributed by atoms with van der Waals surface area (Å²) in [5, 5.41) is 3.05. The average Bonchev–Trinajstić information content (AvgIpc) is 3.32. The van der Waals surface area contributed by atoms with Crippen LogP contribution in [-0.4, -0.2) is 29.7 Å². The van der Waals surface area contributed by atoms with Gasteiger partial charge >= 0.3 is 0 Å². The second kappa shape index (κ2) is 7.02. The number of thiophene rings is 1. The van der Waals surface area contributed by atoms with Gasteiger partial charge in [0.1, 0.15) is 5.69 Å². The normalized spacial score (nSPS) is 17.2. The Hall–Kier alpha value is -2.11. The molecular weight excluding hydrogens is 332 g/mol. The van der Waals surface area contributed by atoms with Crippen molar-refractivity contribution in [2.24, 2.45) is 0 Å². The van der Waals surface area contributed by atoms with Crippen molar-refractivity contribution in [2.75, 3.05) is 13.2 Å². The first-order valence-electron chi connectivity index (χ1n) is 8.74. The van der Waals surface area contributed by atoms with Gasteiger partial charge in [0.25, 0.3) is 5.91 Å². The minimum Gasteiger partial charge on any atom is -0.376 e. The number of carbonyl (C=O) groups excluding carboxylic acids is 1. The lowest BCUT2D eigenvalue weighted by Gasteiger charge is -2.13. The molecule has 4 nitrogen and oxygen atoms in total. The van der Waals surface area contributed by atoms with Gasteiger partial charge in [-0.3, -0.25) is 4.79 Å². The minimum absolute atomic E-state index is 0.0208. The van der Waals surface area contributed by atoms with E-state index in [-0.39, 0.29) is 12.0 Å². The number of fused-ring (bicyclic) bond motifs is 1. The number of ether oxygens (including phenoxy) is 1. The van der Waals surface area contributed by atoms with Gasteiger partial charge in [0, 0.05) is 24.6 Å². The maximum absolute atomic E-state index is 12.8. The summed E-state index contributed by atoms with van der Waals surface area (Å²) >= 11 is 1.73. The molecule has 4 rings (SSSR count). The smallest absolute Gasteiger partial charge is 0.268 e. The topological polar surface area (TPSA) is 43.3 Å². The number of nitrogens with zero attached hydrogens (tertiary/aromatic N) is 1. The summed E-state index contributed by atoms with van der Waals surface area (Å²) in [6.45, 7) is 4.19. The molecule has 0 radical (unpaired) electrons. The number of aryl methyl sites for hydroxylation is 1. The molecule has 1 saturated heterocycles. The fraction of sp³-hybridized carbons (Fsp3) is 0.350. The molecule has 5 heteroatoms. The third kappa shape index (κ3) is 3.48. The molecule has 0 bridgehead atoms. The van der Waals surface area contributed by atoms with E-state index in [1.807, 2.05) is 24.3 Å². The van der Waals surface area contributed by atoms with Gasteiger partial charge in [-0.1, -0.05) is 30.3 Å². The van der Waals surface area contributed by atoms with Crippen molar-refractivity contribution in [1.82, 2.24) is 9.88 Å². The van der Waals surface area contributed by atoms with Gasteiger partial charge in [-0.2, -0.15) is 0 Å². The van der Waals surface area contributed by atoms with E-state index in [0.29, 0.717) is 13.1 Å². The van der Waals surface area contributed by atoms with Crippen molar-refractivity contribution in [2.45, 2.75) is 32.4 Å². The Labute approximate surface area is 151 Å². The molecule has 25 heavy (non-hydrogen) atoms. The maximum Gasteiger partial charge on any atom is 0.268 e. The fourth-order valence-electron chi connectivity index (χ4n) is 3.39. The minimum atomic E-state index is -0.0208. The van der Waals surface area contributed by atoms with E-state index >= 15 is 0 Å². The van der Waals surface area contributed by atoms with Crippen molar-refractivity contribution < 1.29 is 9.53 Å². The molecule has 1 fully saturated rings. The molecule has 1 aliphatic heterocycles. The van der Waals surface area contributed by atoms with Crippen LogP contribution in [0.3, 0.4) is 0 Å². The monoisotopic (exact) mass is 354 g/mol. The highest BCUT2D eigenvalue weighted by molar-refractivity contribution is 7.19. The lowest BCUT2D eigenvalue weighted by atomic mass is 10.2. The fourth-order valence-corrected chi connectivity index (χ4v) is 4.35. The predicted octanol–water partition coefficient (Wildman–Crippen LogP) is 3.97. The largest absolute Gasteiger partial charge is 0.376 e. The molecule has 0 aliphatic carbocycles. The van der Waals surface area contributed by atoms with Crippen molar-refractivity contribution in [3.63, 3.8) is 0 Å². The van der Waals surface area contributed by atoms with E-state index in [1.165, 1.54) is 10.4 Å². The van der Waals surface area contributed by atoms with Crippen molar-refractivity contribution in [1.29, 1.82) is 0 Å². The lowest BCUT2D eigenvalue weighted by Crippen LogP contribution is -2.33. The summed E-state index contributed by atoms with van der Waals surface area (Å²) in [5.74, 6) is -0.0208. The van der Waals surface area contributed by atoms with Gasteiger partial charge in [-0.25, -0.2) is 0 Å². The summed E-state index contributed by atoms with van der Waals surface area (Å²) in [4.78, 5) is 14.0. The zero-order chi connectivity index (χ0) is 17.2. The molecule has 0 saturated carbocycles. The molecule has 2 aromatic heterocycles. The molecule has 3 heterocycles. The number of nitrogens with one attached hydrogen (secondary N) is 1. The number of aromatic nitrogens is 1. The molecule has 1 aliphatic rings. The quantitative estimate of drug-likeness (QED) is 0.753. The SMILES string of the molecule is Cc1cc2c(cc(C(=O)NCC3CCCO3)n2Cc2ccccc2)s1. The number of amides is 1. The number of hydrogen-bond donors (Lipinski definition) is 1. The van der Waals surface area contributed by atoms with Gasteiger partial charge in [0.05, 0.1) is 16.3 Å². The third-order valence-electron chi connectivity index (χ3n) is 4.64. The Balaban J connectivity index is 1.61. The summed E-state index contributed by atoms with van der Waals surface area (Å²) in [7, 11) is 0. The van der Waals surface area contributed by atoms with Crippen molar-refractivity contribution in [3.8, 4) is 0 Å². The van der Waals surface area contributed by atoms with E-state index in [1.54, 1.807) is 11.3 Å². The molecule has 1 amide bonds. The van der Waals surface area contributed by atoms with Gasteiger partial charge in [-0.05, 0) is 37.5 Å². The molecule has 1 N–H and O–H groups in total. The predicted molar refractivity (Wildman–Crippen MR) is 101 cm³/mol. The van der Waals surface area contributed by atoms with Gasteiger partial charge in [-0.15, -0.1) is 11.3 Å². The van der Waals surface area contributed by atoms with Crippen LogP contribution in [0.25, 0.3) is 10.2 Å². The van der Waals surface area contributed by atoms with Crippen LogP contribution in [0.2, 0.25) is 0 Å². The zero-order valence-electron chi connectivity index (χ0n) is 14.3. The molecule has 0 spiro atoms. The molecule has 1 aromatic carbocycles. The molecule has 3 aromatic rings. The summed E-state index contributed by atoms with van der Waals surface area (Å²) < 4.78 is 8.89. The van der Waals surface area contributed by atoms with Gasteiger partial charge in [0.15, 0.2) is 0 Å². The third-order valence-corrected chi connectivity index (χ3v) is 5.63. The zero-order valence-corrected chi connectivity index (χ0v) is 15.1.